The molecule has 15 heavy (non-hydrogen) atoms. The van der Waals surface area contributed by atoms with E-state index in [1.54, 1.807) is 7.11 Å². The topological polar surface area (TPSA) is 21.3 Å². The Labute approximate surface area is 92.6 Å². The Hall–Kier alpha value is -0.860. The van der Waals surface area contributed by atoms with Gasteiger partial charge in [0.05, 0.1) is 6.10 Å². The first-order valence-electron chi connectivity index (χ1n) is 5.47. The molecule has 2 nitrogen and oxygen atoms in total. The molecule has 0 saturated heterocycles. The average Bonchev–Trinajstić information content (AvgIpc) is 2.21. The van der Waals surface area contributed by atoms with Crippen molar-refractivity contribution in [2.75, 3.05) is 13.7 Å². The Morgan fingerprint density at radius 3 is 2.47 bits per heavy atom. The van der Waals surface area contributed by atoms with Gasteiger partial charge in [-0.3, -0.25) is 0 Å². The maximum Gasteiger partial charge on any atom is 0.0948 e. The van der Waals surface area contributed by atoms with E-state index in [-0.39, 0.29) is 6.10 Å². The number of hydrogen-bond acceptors (Lipinski definition) is 2. The molecule has 0 saturated carbocycles. The van der Waals surface area contributed by atoms with Gasteiger partial charge < -0.3 is 10.1 Å². The van der Waals surface area contributed by atoms with E-state index in [1.165, 1.54) is 11.1 Å². The summed E-state index contributed by atoms with van der Waals surface area (Å²) in [4.78, 5) is 0. The summed E-state index contributed by atoms with van der Waals surface area (Å²) in [6, 6.07) is 8.86. The van der Waals surface area contributed by atoms with Crippen LogP contribution in [-0.4, -0.2) is 19.7 Å². The largest absolute Gasteiger partial charge is 0.375 e. The van der Waals surface area contributed by atoms with Crippen LogP contribution < -0.4 is 5.32 Å². The van der Waals surface area contributed by atoms with Crippen LogP contribution in [0.1, 0.15) is 31.1 Å². The highest BCUT2D eigenvalue weighted by atomic mass is 16.5. The molecule has 1 unspecified atom stereocenters. The normalized spacial score (nSPS) is 13.1. The lowest BCUT2D eigenvalue weighted by molar-refractivity contribution is 0.0999. The van der Waals surface area contributed by atoms with E-state index in [0.717, 1.165) is 6.54 Å². The molecule has 0 bridgehead atoms. The third-order valence-corrected chi connectivity index (χ3v) is 2.53. The van der Waals surface area contributed by atoms with E-state index in [2.05, 4.69) is 50.4 Å². The minimum absolute atomic E-state index is 0.147. The zero-order valence-corrected chi connectivity index (χ0v) is 10.1. The van der Waals surface area contributed by atoms with Crippen molar-refractivity contribution < 1.29 is 4.74 Å². The van der Waals surface area contributed by atoms with E-state index in [0.29, 0.717) is 6.04 Å². The van der Waals surface area contributed by atoms with E-state index < -0.39 is 0 Å². The Balaban J connectivity index is 2.70. The molecule has 1 aromatic rings. The zero-order chi connectivity index (χ0) is 11.3. The van der Waals surface area contributed by atoms with Gasteiger partial charge in [-0.15, -0.1) is 0 Å². The Bertz CT molecular complexity index is 296. The number of methoxy groups -OCH3 is 1. The van der Waals surface area contributed by atoms with Crippen molar-refractivity contribution in [3.05, 3.63) is 35.4 Å². The predicted octanol–water partition coefficient (Wildman–Crippen LogP) is 2.68. The fourth-order valence-electron chi connectivity index (χ4n) is 1.61. The van der Waals surface area contributed by atoms with E-state index in [1.807, 2.05) is 0 Å². The molecule has 1 aromatic carbocycles. The molecule has 84 valence electrons. The van der Waals surface area contributed by atoms with Crippen LogP contribution in [0.4, 0.5) is 0 Å². The van der Waals surface area contributed by atoms with Gasteiger partial charge in [0.15, 0.2) is 0 Å². The van der Waals surface area contributed by atoms with Crippen LogP contribution >= 0.6 is 0 Å². The van der Waals surface area contributed by atoms with Crippen molar-refractivity contribution >= 4 is 0 Å². The summed E-state index contributed by atoms with van der Waals surface area (Å²) >= 11 is 0. The summed E-state index contributed by atoms with van der Waals surface area (Å²) in [5.41, 5.74) is 2.56. The minimum Gasteiger partial charge on any atom is -0.375 e. The maximum atomic E-state index is 5.51. The molecule has 1 rings (SSSR count). The van der Waals surface area contributed by atoms with Crippen LogP contribution in [0.25, 0.3) is 0 Å². The Morgan fingerprint density at radius 1 is 1.27 bits per heavy atom. The Kier molecular flexibility index (Phi) is 4.79. The first kappa shape index (κ1) is 12.2. The molecular weight excluding hydrogens is 186 g/mol. The van der Waals surface area contributed by atoms with Crippen LogP contribution in [0.5, 0.6) is 0 Å². The SMILES string of the molecule is COC(CNC(C)C)c1ccccc1C. The summed E-state index contributed by atoms with van der Waals surface area (Å²) < 4.78 is 5.51. The molecule has 2 heteroatoms. The first-order valence-corrected chi connectivity index (χ1v) is 5.47. The molecule has 0 fully saturated rings. The molecule has 0 radical (unpaired) electrons. The summed E-state index contributed by atoms with van der Waals surface area (Å²) in [5.74, 6) is 0. The maximum absolute atomic E-state index is 5.51. The smallest absolute Gasteiger partial charge is 0.0948 e. The van der Waals surface area contributed by atoms with Gasteiger partial charge in [-0.05, 0) is 18.1 Å². The van der Waals surface area contributed by atoms with Crippen LogP contribution in [-0.2, 0) is 4.74 Å². The van der Waals surface area contributed by atoms with Crippen LogP contribution in [0.2, 0.25) is 0 Å². The van der Waals surface area contributed by atoms with Crippen molar-refractivity contribution in [1.82, 2.24) is 5.32 Å². The van der Waals surface area contributed by atoms with Crippen LogP contribution in [0.3, 0.4) is 0 Å². The number of rotatable bonds is 5. The van der Waals surface area contributed by atoms with Gasteiger partial charge in [-0.25, -0.2) is 0 Å². The number of ether oxygens (including phenoxy) is 1. The lowest BCUT2D eigenvalue weighted by Crippen LogP contribution is -2.29. The van der Waals surface area contributed by atoms with Gasteiger partial charge in [-0.2, -0.15) is 0 Å². The van der Waals surface area contributed by atoms with E-state index >= 15 is 0 Å². The third-order valence-electron chi connectivity index (χ3n) is 2.53. The lowest BCUT2D eigenvalue weighted by Gasteiger charge is -2.19. The van der Waals surface area contributed by atoms with E-state index in [9.17, 15) is 0 Å². The highest BCUT2D eigenvalue weighted by Gasteiger charge is 2.12. The van der Waals surface area contributed by atoms with Gasteiger partial charge in [0.2, 0.25) is 0 Å². The summed E-state index contributed by atoms with van der Waals surface area (Å²) in [6.45, 7) is 7.27. The highest BCUT2D eigenvalue weighted by molar-refractivity contribution is 5.28. The fourth-order valence-corrected chi connectivity index (χ4v) is 1.61. The van der Waals surface area contributed by atoms with Crippen molar-refractivity contribution in [2.45, 2.75) is 32.9 Å². The second-order valence-corrected chi connectivity index (χ2v) is 4.14. The van der Waals surface area contributed by atoms with Crippen LogP contribution in [0.15, 0.2) is 24.3 Å². The molecule has 0 aliphatic heterocycles. The monoisotopic (exact) mass is 207 g/mol. The average molecular weight is 207 g/mol. The van der Waals surface area contributed by atoms with Crippen molar-refractivity contribution in [3.63, 3.8) is 0 Å². The zero-order valence-electron chi connectivity index (χ0n) is 10.1. The summed E-state index contributed by atoms with van der Waals surface area (Å²) in [7, 11) is 1.76. The van der Waals surface area contributed by atoms with Crippen molar-refractivity contribution in [3.8, 4) is 0 Å². The van der Waals surface area contributed by atoms with Gasteiger partial charge in [-0.1, -0.05) is 38.1 Å². The molecule has 0 aliphatic rings. The van der Waals surface area contributed by atoms with E-state index in [4.69, 9.17) is 4.74 Å². The molecule has 1 atom stereocenters. The highest BCUT2D eigenvalue weighted by Crippen LogP contribution is 2.19. The van der Waals surface area contributed by atoms with Gasteiger partial charge in [0.1, 0.15) is 0 Å². The fraction of sp³-hybridized carbons (Fsp3) is 0.538. The number of aryl methyl sites for hydroxylation is 1. The van der Waals surface area contributed by atoms with Gasteiger partial charge in [0, 0.05) is 19.7 Å². The Morgan fingerprint density at radius 2 is 1.93 bits per heavy atom. The second-order valence-electron chi connectivity index (χ2n) is 4.14. The molecule has 0 amide bonds. The number of nitrogens with one attached hydrogen (secondary N) is 1. The quantitative estimate of drug-likeness (QED) is 0.801. The molecule has 0 heterocycles. The molecular formula is C13H21NO. The van der Waals surface area contributed by atoms with Crippen LogP contribution in [0, 0.1) is 6.92 Å². The van der Waals surface area contributed by atoms with Gasteiger partial charge in [0.25, 0.3) is 0 Å². The lowest BCUT2D eigenvalue weighted by atomic mass is 10.0. The minimum atomic E-state index is 0.147. The molecule has 1 N–H and O–H groups in total. The summed E-state index contributed by atoms with van der Waals surface area (Å²) in [6.07, 6.45) is 0.147. The summed E-state index contributed by atoms with van der Waals surface area (Å²) in [5, 5.41) is 3.40. The van der Waals surface area contributed by atoms with Crippen molar-refractivity contribution in [1.29, 1.82) is 0 Å². The second kappa shape index (κ2) is 5.89. The van der Waals surface area contributed by atoms with Gasteiger partial charge >= 0.3 is 0 Å². The van der Waals surface area contributed by atoms with Crippen molar-refractivity contribution in [2.24, 2.45) is 0 Å². The number of benzene rings is 1. The molecule has 0 aliphatic carbocycles. The third kappa shape index (κ3) is 3.65. The standard InChI is InChI=1S/C13H21NO/c1-10(2)14-9-13(15-4)12-8-6-5-7-11(12)3/h5-8,10,13-14H,9H2,1-4H3. The first-order chi connectivity index (χ1) is 7.15. The predicted molar refractivity (Wildman–Crippen MR) is 64.1 cm³/mol. The molecule has 0 spiro atoms. The number of hydrogen-bond donors (Lipinski definition) is 1. The molecule has 0 aromatic heterocycles.